The lowest BCUT2D eigenvalue weighted by atomic mass is 9.88. The predicted octanol–water partition coefficient (Wildman–Crippen LogP) is 0.596. The van der Waals surface area contributed by atoms with Gasteiger partial charge in [0.05, 0.1) is 5.60 Å². The Balaban J connectivity index is 1.68. The quantitative estimate of drug-likeness (QED) is 0.496. The van der Waals surface area contributed by atoms with Crippen LogP contribution in [-0.2, 0) is 9.47 Å². The van der Waals surface area contributed by atoms with Gasteiger partial charge in [0.1, 0.15) is 6.10 Å². The summed E-state index contributed by atoms with van der Waals surface area (Å²) in [5.41, 5.74) is 0.208. The van der Waals surface area contributed by atoms with E-state index < -0.39 is 0 Å². The first kappa shape index (κ1) is 7.30. The zero-order chi connectivity index (χ0) is 8.18. The molecule has 0 bridgehead atoms. The largest absolute Gasteiger partial charge is 0.343 e. The van der Waals surface area contributed by atoms with Crippen molar-refractivity contribution >= 4 is 0 Å². The molecule has 0 aromatic carbocycles. The van der Waals surface area contributed by atoms with Gasteiger partial charge in [0.15, 0.2) is 6.29 Å². The highest BCUT2D eigenvalue weighted by Crippen LogP contribution is 2.47. The number of fused-ring (bicyclic) bond motifs is 1. The molecule has 2 unspecified atom stereocenters. The van der Waals surface area contributed by atoms with Crippen LogP contribution < -0.4 is 0 Å². The molecule has 3 aliphatic rings. The van der Waals surface area contributed by atoms with Gasteiger partial charge in [-0.15, -0.1) is 0 Å². The van der Waals surface area contributed by atoms with Crippen LogP contribution in [0.25, 0.3) is 0 Å². The number of epoxide rings is 1. The lowest BCUT2D eigenvalue weighted by Gasteiger charge is -2.37. The molecule has 12 heavy (non-hydrogen) atoms. The summed E-state index contributed by atoms with van der Waals surface area (Å²) in [5, 5.41) is 0. The van der Waals surface area contributed by atoms with Crippen molar-refractivity contribution in [1.29, 1.82) is 0 Å². The third kappa shape index (κ3) is 1.00. The zero-order valence-electron chi connectivity index (χ0n) is 7.45. The number of nitrogens with zero attached hydrogens (tertiary/aromatic N) is 1. The van der Waals surface area contributed by atoms with Crippen LogP contribution in [0.15, 0.2) is 0 Å². The van der Waals surface area contributed by atoms with Gasteiger partial charge >= 0.3 is 0 Å². The van der Waals surface area contributed by atoms with Crippen LogP contribution in [0, 0.1) is 0 Å². The van der Waals surface area contributed by atoms with Crippen molar-refractivity contribution in [2.45, 2.75) is 37.3 Å². The van der Waals surface area contributed by atoms with E-state index in [9.17, 15) is 0 Å². The van der Waals surface area contributed by atoms with Gasteiger partial charge in [-0.3, -0.25) is 0 Å². The Labute approximate surface area is 72.6 Å². The van der Waals surface area contributed by atoms with Crippen LogP contribution in [0.2, 0.25) is 0 Å². The maximum absolute atomic E-state index is 5.86. The molecule has 0 aliphatic carbocycles. The van der Waals surface area contributed by atoms with Crippen molar-refractivity contribution < 1.29 is 9.47 Å². The minimum absolute atomic E-state index is 0.174. The SMILES string of the molecule is CN1CCC2(CC1)CC1OC1O2. The van der Waals surface area contributed by atoms with Crippen molar-refractivity contribution in [2.75, 3.05) is 20.1 Å². The molecule has 0 saturated carbocycles. The van der Waals surface area contributed by atoms with E-state index in [1.807, 2.05) is 0 Å². The summed E-state index contributed by atoms with van der Waals surface area (Å²) in [6.45, 7) is 2.36. The number of ether oxygens (including phenoxy) is 2. The molecule has 3 nitrogen and oxygen atoms in total. The highest BCUT2D eigenvalue weighted by atomic mass is 16.8. The third-order valence-electron chi connectivity index (χ3n) is 3.37. The zero-order valence-corrected chi connectivity index (χ0v) is 7.45. The highest BCUT2D eigenvalue weighted by molar-refractivity contribution is 5.00. The molecular weight excluding hydrogens is 154 g/mol. The van der Waals surface area contributed by atoms with Gasteiger partial charge in [0.25, 0.3) is 0 Å². The van der Waals surface area contributed by atoms with Crippen molar-refractivity contribution in [2.24, 2.45) is 0 Å². The van der Waals surface area contributed by atoms with Gasteiger partial charge < -0.3 is 14.4 Å². The smallest absolute Gasteiger partial charge is 0.185 e. The van der Waals surface area contributed by atoms with Gasteiger partial charge in [-0.25, -0.2) is 0 Å². The lowest BCUT2D eigenvalue weighted by Crippen LogP contribution is -2.43. The second-order valence-corrected chi connectivity index (χ2v) is 4.35. The second kappa shape index (κ2) is 2.22. The van der Waals surface area contributed by atoms with E-state index in [4.69, 9.17) is 9.47 Å². The number of hydrogen-bond donors (Lipinski definition) is 0. The molecule has 3 aliphatic heterocycles. The fourth-order valence-electron chi connectivity index (χ4n) is 2.38. The van der Waals surface area contributed by atoms with E-state index >= 15 is 0 Å². The van der Waals surface area contributed by atoms with Crippen molar-refractivity contribution in [1.82, 2.24) is 4.90 Å². The molecule has 68 valence electrons. The Hall–Kier alpha value is -0.120. The van der Waals surface area contributed by atoms with E-state index in [0.29, 0.717) is 6.10 Å². The maximum Gasteiger partial charge on any atom is 0.185 e. The van der Waals surface area contributed by atoms with Gasteiger partial charge in [-0.1, -0.05) is 0 Å². The maximum atomic E-state index is 5.86. The van der Waals surface area contributed by atoms with Gasteiger partial charge in [0.2, 0.25) is 0 Å². The molecule has 0 radical (unpaired) electrons. The fourth-order valence-corrected chi connectivity index (χ4v) is 2.38. The summed E-state index contributed by atoms with van der Waals surface area (Å²) in [7, 11) is 2.18. The van der Waals surface area contributed by atoms with Crippen molar-refractivity contribution in [3.8, 4) is 0 Å². The molecule has 0 N–H and O–H groups in total. The predicted molar refractivity (Wildman–Crippen MR) is 43.8 cm³/mol. The molecule has 0 amide bonds. The summed E-state index contributed by atoms with van der Waals surface area (Å²) in [5.74, 6) is 0. The normalized spacial score (nSPS) is 44.8. The molecule has 0 aromatic heterocycles. The average Bonchev–Trinajstić information content (AvgIpc) is 2.68. The Bertz CT molecular complexity index is 187. The number of rotatable bonds is 0. The summed E-state index contributed by atoms with van der Waals surface area (Å²) in [6.07, 6.45) is 4.16. The molecule has 3 heterocycles. The summed E-state index contributed by atoms with van der Waals surface area (Å²) in [4.78, 5) is 2.37. The first-order valence-corrected chi connectivity index (χ1v) is 4.79. The molecule has 0 aromatic rings. The van der Waals surface area contributed by atoms with E-state index in [2.05, 4.69) is 11.9 Å². The van der Waals surface area contributed by atoms with E-state index in [-0.39, 0.29) is 11.9 Å². The van der Waals surface area contributed by atoms with E-state index in [1.54, 1.807) is 0 Å². The first-order chi connectivity index (χ1) is 5.77. The average molecular weight is 169 g/mol. The minimum atomic E-state index is 0.174. The van der Waals surface area contributed by atoms with Crippen LogP contribution in [-0.4, -0.2) is 43.0 Å². The Morgan fingerprint density at radius 2 is 2.08 bits per heavy atom. The van der Waals surface area contributed by atoms with Crippen LogP contribution in [0.1, 0.15) is 19.3 Å². The van der Waals surface area contributed by atoms with Gasteiger partial charge in [0, 0.05) is 19.5 Å². The first-order valence-electron chi connectivity index (χ1n) is 4.79. The summed E-state index contributed by atoms with van der Waals surface area (Å²) in [6, 6.07) is 0. The molecule has 3 saturated heterocycles. The van der Waals surface area contributed by atoms with Crippen LogP contribution in [0.4, 0.5) is 0 Å². The Kier molecular flexibility index (Phi) is 1.35. The summed E-state index contributed by atoms with van der Waals surface area (Å²) >= 11 is 0. The third-order valence-corrected chi connectivity index (χ3v) is 3.37. The van der Waals surface area contributed by atoms with Gasteiger partial charge in [-0.05, 0) is 19.9 Å². The molecule has 3 fully saturated rings. The molecular formula is C9H15NO2. The topological polar surface area (TPSA) is 25.0 Å². The second-order valence-electron chi connectivity index (χ2n) is 4.35. The number of likely N-dealkylation sites (tertiary alicyclic amines) is 1. The van der Waals surface area contributed by atoms with Crippen LogP contribution in [0.3, 0.4) is 0 Å². The summed E-state index contributed by atoms with van der Waals surface area (Å²) < 4.78 is 11.1. The standard InChI is InChI=1S/C9H15NO2/c1-10-4-2-9(3-5-10)6-7-8(11-7)12-9/h7-8H,2-6H2,1H3. The van der Waals surface area contributed by atoms with Crippen molar-refractivity contribution in [3.05, 3.63) is 0 Å². The number of hydrogen-bond acceptors (Lipinski definition) is 3. The molecule has 3 rings (SSSR count). The highest BCUT2D eigenvalue weighted by Gasteiger charge is 2.57. The van der Waals surface area contributed by atoms with E-state index in [0.717, 1.165) is 6.42 Å². The fraction of sp³-hybridized carbons (Fsp3) is 1.00. The Morgan fingerprint density at radius 3 is 2.67 bits per heavy atom. The van der Waals surface area contributed by atoms with Crippen LogP contribution >= 0.6 is 0 Å². The van der Waals surface area contributed by atoms with Gasteiger partial charge in [-0.2, -0.15) is 0 Å². The Morgan fingerprint density at radius 1 is 1.33 bits per heavy atom. The molecule has 3 heteroatoms. The van der Waals surface area contributed by atoms with Crippen LogP contribution in [0.5, 0.6) is 0 Å². The minimum Gasteiger partial charge on any atom is -0.343 e. The molecule has 1 spiro atoms. The number of piperidine rings is 1. The lowest BCUT2D eigenvalue weighted by molar-refractivity contribution is -0.114. The molecule has 2 atom stereocenters. The van der Waals surface area contributed by atoms with E-state index in [1.165, 1.54) is 25.9 Å². The van der Waals surface area contributed by atoms with Crippen molar-refractivity contribution in [3.63, 3.8) is 0 Å². The monoisotopic (exact) mass is 169 g/mol.